The maximum Gasteiger partial charge on any atom is 0.227 e. The summed E-state index contributed by atoms with van der Waals surface area (Å²) >= 11 is 6.30. The molecule has 0 saturated carbocycles. The van der Waals surface area contributed by atoms with E-state index in [1.165, 1.54) is 0 Å². The summed E-state index contributed by atoms with van der Waals surface area (Å²) in [7, 11) is 0. The van der Waals surface area contributed by atoms with E-state index in [1.54, 1.807) is 0 Å². The van der Waals surface area contributed by atoms with Crippen LogP contribution in [-0.2, 0) is 4.79 Å². The van der Waals surface area contributed by atoms with Gasteiger partial charge in [-0.3, -0.25) is 4.79 Å². The number of hydrogen-bond acceptors (Lipinski definition) is 4. The predicted octanol–water partition coefficient (Wildman–Crippen LogP) is 0.847. The number of carbonyl (C=O) groups excluding carboxylic acids is 1. The Labute approximate surface area is 82.7 Å². The lowest BCUT2D eigenvalue weighted by atomic mass is 10.6. The first kappa shape index (κ1) is 10.2. The second kappa shape index (κ2) is 4.38. The van der Waals surface area contributed by atoms with Crippen LogP contribution in [0.3, 0.4) is 0 Å². The quantitative estimate of drug-likeness (QED) is 0.467. The molecule has 0 aliphatic heterocycles. The van der Waals surface area contributed by atoms with E-state index in [0.29, 0.717) is 0 Å². The van der Waals surface area contributed by atoms with E-state index < -0.39 is 11.7 Å². The smallest absolute Gasteiger partial charge is 0.227 e. The van der Waals surface area contributed by atoms with E-state index in [0.717, 1.165) is 18.0 Å². The van der Waals surface area contributed by atoms with Gasteiger partial charge in [0.15, 0.2) is 5.82 Å². The summed E-state index contributed by atoms with van der Waals surface area (Å²) in [6.07, 6.45) is 0.943. The molecule has 0 bridgehead atoms. The minimum Gasteiger partial charge on any atom is -0.369 e. The van der Waals surface area contributed by atoms with Crippen molar-refractivity contribution in [2.45, 2.75) is 5.03 Å². The second-order valence-electron chi connectivity index (χ2n) is 2.05. The SMILES string of the molecule is NC(=O)CSc1nc(Cl)ncc1F. The van der Waals surface area contributed by atoms with Crippen molar-refractivity contribution in [1.82, 2.24) is 9.97 Å². The number of aromatic nitrogens is 2. The molecule has 4 nitrogen and oxygen atoms in total. The lowest BCUT2D eigenvalue weighted by Crippen LogP contribution is -2.13. The molecule has 1 rings (SSSR count). The number of nitrogens with zero attached hydrogens (tertiary/aromatic N) is 2. The van der Waals surface area contributed by atoms with E-state index in [9.17, 15) is 9.18 Å². The summed E-state index contributed by atoms with van der Waals surface area (Å²) in [5.41, 5.74) is 4.87. The number of nitrogens with two attached hydrogens (primary N) is 1. The lowest BCUT2D eigenvalue weighted by Gasteiger charge is -1.98. The van der Waals surface area contributed by atoms with Crippen molar-refractivity contribution >= 4 is 29.3 Å². The first-order valence-electron chi connectivity index (χ1n) is 3.18. The monoisotopic (exact) mass is 221 g/mol. The first-order valence-corrected chi connectivity index (χ1v) is 4.55. The van der Waals surface area contributed by atoms with Gasteiger partial charge >= 0.3 is 0 Å². The largest absolute Gasteiger partial charge is 0.369 e. The summed E-state index contributed by atoms with van der Waals surface area (Å²) < 4.78 is 12.9. The molecule has 0 unspecified atom stereocenters. The number of hydrogen-bond donors (Lipinski definition) is 1. The average Bonchev–Trinajstić information content (AvgIpc) is 2.06. The van der Waals surface area contributed by atoms with Gasteiger partial charge in [-0.15, -0.1) is 0 Å². The Kier molecular flexibility index (Phi) is 3.44. The molecule has 0 radical (unpaired) electrons. The lowest BCUT2D eigenvalue weighted by molar-refractivity contribution is -0.115. The molecule has 0 spiro atoms. The van der Waals surface area contributed by atoms with Crippen LogP contribution in [0.5, 0.6) is 0 Å². The van der Waals surface area contributed by atoms with Gasteiger partial charge in [0.1, 0.15) is 5.03 Å². The molecule has 0 fully saturated rings. The Bertz CT molecular complexity index is 336. The molecule has 0 aromatic carbocycles. The Balaban J connectivity index is 2.75. The fourth-order valence-corrected chi connectivity index (χ4v) is 1.38. The molecule has 1 aromatic heterocycles. The predicted molar refractivity (Wildman–Crippen MR) is 46.9 cm³/mol. The molecule has 1 heterocycles. The van der Waals surface area contributed by atoms with E-state index in [4.69, 9.17) is 17.3 Å². The fraction of sp³-hybridized carbons (Fsp3) is 0.167. The summed E-state index contributed by atoms with van der Waals surface area (Å²) in [6.45, 7) is 0. The number of halogens is 2. The third-order valence-electron chi connectivity index (χ3n) is 1.03. The van der Waals surface area contributed by atoms with Crippen molar-refractivity contribution in [2.75, 3.05) is 5.75 Å². The molecule has 70 valence electrons. The van der Waals surface area contributed by atoms with Crippen molar-refractivity contribution in [3.8, 4) is 0 Å². The Morgan fingerprint density at radius 1 is 1.77 bits per heavy atom. The zero-order chi connectivity index (χ0) is 9.84. The Hall–Kier alpha value is -0.880. The normalized spacial score (nSPS) is 10.0. The van der Waals surface area contributed by atoms with Crippen LogP contribution < -0.4 is 5.73 Å². The topological polar surface area (TPSA) is 68.9 Å². The highest BCUT2D eigenvalue weighted by atomic mass is 35.5. The van der Waals surface area contributed by atoms with Crippen molar-refractivity contribution in [2.24, 2.45) is 5.73 Å². The molecule has 2 N–H and O–H groups in total. The van der Waals surface area contributed by atoms with Crippen LogP contribution in [0, 0.1) is 5.82 Å². The van der Waals surface area contributed by atoms with Gasteiger partial charge in [0.05, 0.1) is 11.9 Å². The summed E-state index contributed by atoms with van der Waals surface area (Å²) in [5, 5.41) is -0.0350. The molecular weight excluding hydrogens is 217 g/mol. The standard InChI is InChI=1S/C6H5ClFN3OS/c7-6-10-1-3(8)5(11-6)13-2-4(9)12/h1H,2H2,(H2,9,12). The number of rotatable bonds is 3. The van der Waals surface area contributed by atoms with E-state index in [2.05, 4.69) is 9.97 Å². The zero-order valence-electron chi connectivity index (χ0n) is 6.33. The highest BCUT2D eigenvalue weighted by molar-refractivity contribution is 7.99. The molecule has 1 amide bonds. The Morgan fingerprint density at radius 2 is 2.46 bits per heavy atom. The second-order valence-corrected chi connectivity index (χ2v) is 3.35. The van der Waals surface area contributed by atoms with Crippen LogP contribution >= 0.6 is 23.4 Å². The van der Waals surface area contributed by atoms with Crippen molar-refractivity contribution in [3.05, 3.63) is 17.3 Å². The minimum absolute atomic E-state index is 0.0267. The van der Waals surface area contributed by atoms with Gasteiger partial charge < -0.3 is 5.73 Å². The molecule has 0 atom stereocenters. The molecule has 1 aromatic rings. The molecule has 0 aliphatic rings. The van der Waals surface area contributed by atoms with Crippen LogP contribution in [0.25, 0.3) is 0 Å². The van der Waals surface area contributed by atoms with E-state index in [-0.39, 0.29) is 16.1 Å². The zero-order valence-corrected chi connectivity index (χ0v) is 7.90. The molecular formula is C6H5ClFN3OS. The van der Waals surface area contributed by atoms with Gasteiger partial charge in [-0.05, 0) is 11.6 Å². The first-order chi connectivity index (χ1) is 6.09. The molecule has 0 saturated heterocycles. The van der Waals surface area contributed by atoms with Gasteiger partial charge in [-0.25, -0.2) is 14.4 Å². The van der Waals surface area contributed by atoms with Gasteiger partial charge in [0.25, 0.3) is 0 Å². The number of thioether (sulfide) groups is 1. The highest BCUT2D eigenvalue weighted by Gasteiger charge is 2.07. The Morgan fingerprint density at radius 3 is 3.08 bits per heavy atom. The maximum atomic E-state index is 12.9. The van der Waals surface area contributed by atoms with Crippen molar-refractivity contribution in [3.63, 3.8) is 0 Å². The third kappa shape index (κ3) is 3.16. The summed E-state index contributed by atoms with van der Waals surface area (Å²) in [5.74, 6) is -1.20. The van der Waals surface area contributed by atoms with Gasteiger partial charge in [-0.1, -0.05) is 11.8 Å². The fourth-order valence-electron chi connectivity index (χ4n) is 0.572. The molecule has 0 aliphatic carbocycles. The van der Waals surface area contributed by atoms with Gasteiger partial charge in [0.2, 0.25) is 11.2 Å². The minimum atomic E-state index is -0.615. The number of carbonyl (C=O) groups is 1. The number of amides is 1. The van der Waals surface area contributed by atoms with E-state index in [1.807, 2.05) is 0 Å². The van der Waals surface area contributed by atoms with Crippen molar-refractivity contribution < 1.29 is 9.18 Å². The van der Waals surface area contributed by atoms with Crippen LogP contribution in [0.1, 0.15) is 0 Å². The van der Waals surface area contributed by atoms with Crippen LogP contribution in [0.15, 0.2) is 11.2 Å². The molecule has 13 heavy (non-hydrogen) atoms. The van der Waals surface area contributed by atoms with Crippen LogP contribution in [0.4, 0.5) is 4.39 Å². The molecule has 7 heteroatoms. The maximum absolute atomic E-state index is 12.9. The van der Waals surface area contributed by atoms with Crippen LogP contribution in [-0.4, -0.2) is 21.6 Å². The third-order valence-corrected chi connectivity index (χ3v) is 2.20. The summed E-state index contributed by atoms with van der Waals surface area (Å²) in [4.78, 5) is 17.4. The van der Waals surface area contributed by atoms with E-state index >= 15 is 0 Å². The summed E-state index contributed by atoms with van der Waals surface area (Å²) in [6, 6.07) is 0. The van der Waals surface area contributed by atoms with Crippen LogP contribution in [0.2, 0.25) is 5.28 Å². The van der Waals surface area contributed by atoms with Crippen molar-refractivity contribution in [1.29, 1.82) is 0 Å². The number of primary amides is 1. The van der Waals surface area contributed by atoms with Gasteiger partial charge in [-0.2, -0.15) is 0 Å². The highest BCUT2D eigenvalue weighted by Crippen LogP contribution is 2.19. The van der Waals surface area contributed by atoms with Gasteiger partial charge in [0, 0.05) is 0 Å². The average molecular weight is 222 g/mol.